The summed E-state index contributed by atoms with van der Waals surface area (Å²) in [5.41, 5.74) is -5.19. The monoisotopic (exact) mass is 685 g/mol. The van der Waals surface area contributed by atoms with Crippen LogP contribution in [0.15, 0.2) is 47.1 Å². The van der Waals surface area contributed by atoms with E-state index in [1.165, 1.54) is 25.2 Å². The quantitative estimate of drug-likeness (QED) is 0.0899. The fourth-order valence-corrected chi connectivity index (χ4v) is 9.21. The smallest absolute Gasteiger partial charge is 0.306 e. The van der Waals surface area contributed by atoms with Crippen LogP contribution in [0.3, 0.4) is 0 Å². The second-order valence-corrected chi connectivity index (χ2v) is 14.1. The number of fused-ring (bicyclic) bond motifs is 4. The number of allylic oxidation sites excluding steroid dienone is 1. The molecule has 268 valence electrons. The zero-order chi connectivity index (χ0) is 34.6. The van der Waals surface area contributed by atoms with E-state index < -0.39 is 78.2 Å². The largest absolute Gasteiger partial charge is 0.485 e. The number of rotatable bonds is 13. The van der Waals surface area contributed by atoms with Crippen LogP contribution >= 0.6 is 0 Å². The molecule has 1 aromatic carbocycles. The minimum absolute atomic E-state index is 0.00451. The third kappa shape index (κ3) is 5.32. The first-order valence-corrected chi connectivity index (χ1v) is 17.4. The first-order valence-electron chi connectivity index (χ1n) is 17.4. The molecule has 1 aliphatic heterocycles. The summed E-state index contributed by atoms with van der Waals surface area (Å²) < 4.78 is 30.2. The second-order valence-electron chi connectivity index (χ2n) is 14.1. The fourth-order valence-electron chi connectivity index (χ4n) is 9.21. The standard InChI is InChI=1S/C36H47NO12/c1-2-45-27(41)10-7-20-17-21-12-15-46-28(21)30(47-16-14-37-22-5-3-4-6-22)29(20)49-33-36(44)31-23-8-9-25(40)34(31,19-39)13-11-24(23)35(43,32(36)42)26(18-38)48-33/h8-9,11-13,15,17,22-26,31-33,37-40,42-44H,2-7,10,14,16,18-19H2,1H3/t23-,24+,25+,26+,31+,32-,33-,34+,35-,36-/m0/s1. The van der Waals surface area contributed by atoms with Crippen LogP contribution in [0.4, 0.5) is 0 Å². The number of furan rings is 1. The zero-order valence-electron chi connectivity index (χ0n) is 27.6. The normalized spacial score (nSPS) is 37.8. The molecule has 6 bridgehead atoms. The summed E-state index contributed by atoms with van der Waals surface area (Å²) >= 11 is 0. The van der Waals surface area contributed by atoms with Crippen LogP contribution in [0.5, 0.6) is 11.5 Å². The number of hydrogen-bond acceptors (Lipinski definition) is 13. The molecule has 7 N–H and O–H groups in total. The molecule has 1 saturated heterocycles. The Bertz CT molecular complexity index is 1580. The molecule has 5 aliphatic rings. The van der Waals surface area contributed by atoms with Gasteiger partial charge >= 0.3 is 5.97 Å². The van der Waals surface area contributed by atoms with E-state index in [1.54, 1.807) is 37.3 Å². The van der Waals surface area contributed by atoms with Crippen LogP contribution < -0.4 is 14.8 Å². The number of aryl methyl sites for hydroxylation is 1. The van der Waals surface area contributed by atoms with Gasteiger partial charge in [-0.2, -0.15) is 0 Å². The van der Waals surface area contributed by atoms with Gasteiger partial charge in [0, 0.05) is 41.6 Å². The van der Waals surface area contributed by atoms with Gasteiger partial charge in [0.25, 0.3) is 0 Å². The van der Waals surface area contributed by atoms with Crippen molar-refractivity contribution in [3.05, 3.63) is 48.3 Å². The van der Waals surface area contributed by atoms with Crippen molar-refractivity contribution in [3.8, 4) is 11.5 Å². The highest BCUT2D eigenvalue weighted by Crippen LogP contribution is 2.64. The summed E-state index contributed by atoms with van der Waals surface area (Å²) in [4.78, 5) is 12.5. The van der Waals surface area contributed by atoms with Gasteiger partial charge in [-0.3, -0.25) is 4.79 Å². The highest BCUT2D eigenvalue weighted by molar-refractivity contribution is 5.87. The molecule has 0 unspecified atom stereocenters. The van der Waals surface area contributed by atoms with Crippen LogP contribution in [0, 0.1) is 23.2 Å². The van der Waals surface area contributed by atoms with Crippen LogP contribution in [0.2, 0.25) is 0 Å². The molecular weight excluding hydrogens is 638 g/mol. The van der Waals surface area contributed by atoms with Crippen molar-refractivity contribution in [2.24, 2.45) is 23.2 Å². The molecule has 7 rings (SSSR count). The van der Waals surface area contributed by atoms with Gasteiger partial charge in [0.2, 0.25) is 12.0 Å². The number of carbonyl (C=O) groups excluding carboxylic acids is 1. The summed E-state index contributed by atoms with van der Waals surface area (Å²) in [7, 11) is 0. The van der Waals surface area contributed by atoms with Gasteiger partial charge in [-0.05, 0) is 49.8 Å². The SMILES string of the molecule is CCOC(=O)CCc1cc2ccoc2c(OCCNC2CCCC2)c1O[C@@H]1O[C@H](CO)[C@]2(O)[C@H](O)[C@@]1(O)[C@@H]1[C@H]3C=C[C@@H](O)[C@]1(CO)C=C[C@H]32. The summed E-state index contributed by atoms with van der Waals surface area (Å²) in [6.45, 7) is 1.38. The third-order valence-electron chi connectivity index (χ3n) is 11.6. The Kier molecular flexibility index (Phi) is 9.33. The van der Waals surface area contributed by atoms with Crippen LogP contribution in [0.25, 0.3) is 11.0 Å². The molecule has 13 nitrogen and oxygen atoms in total. The van der Waals surface area contributed by atoms with E-state index >= 15 is 0 Å². The van der Waals surface area contributed by atoms with E-state index in [0.29, 0.717) is 29.1 Å². The lowest BCUT2D eigenvalue weighted by molar-refractivity contribution is -0.408. The van der Waals surface area contributed by atoms with Crippen molar-refractivity contribution < 1.29 is 58.8 Å². The van der Waals surface area contributed by atoms with E-state index in [2.05, 4.69) is 5.32 Å². The fraction of sp³-hybridized carbons (Fsp3) is 0.639. The van der Waals surface area contributed by atoms with Gasteiger partial charge in [-0.25, -0.2) is 0 Å². The molecule has 0 amide bonds. The van der Waals surface area contributed by atoms with Gasteiger partial charge in [-0.1, -0.05) is 37.1 Å². The van der Waals surface area contributed by atoms with Gasteiger partial charge in [0.1, 0.15) is 24.4 Å². The highest BCUT2D eigenvalue weighted by atomic mass is 16.7. The second kappa shape index (κ2) is 13.3. The number of aliphatic hydroxyl groups is 6. The Morgan fingerprint density at radius 3 is 2.61 bits per heavy atom. The molecular formula is C36H47NO12. The first-order chi connectivity index (χ1) is 23.6. The minimum atomic E-state index is -2.43. The number of nitrogens with one attached hydrogen (secondary N) is 1. The molecule has 3 fully saturated rings. The molecule has 4 aliphatic carbocycles. The highest BCUT2D eigenvalue weighted by Gasteiger charge is 2.78. The van der Waals surface area contributed by atoms with Crippen molar-refractivity contribution >= 4 is 16.9 Å². The molecule has 10 atom stereocenters. The third-order valence-corrected chi connectivity index (χ3v) is 11.6. The number of aliphatic hydroxyl groups excluding tert-OH is 4. The van der Waals surface area contributed by atoms with Crippen LogP contribution in [0.1, 0.15) is 44.6 Å². The summed E-state index contributed by atoms with van der Waals surface area (Å²) in [6, 6.07) is 3.93. The Morgan fingerprint density at radius 2 is 1.88 bits per heavy atom. The zero-order valence-corrected chi connectivity index (χ0v) is 27.6. The minimum Gasteiger partial charge on any atom is -0.485 e. The number of hydrogen-bond donors (Lipinski definition) is 7. The van der Waals surface area contributed by atoms with E-state index in [-0.39, 0.29) is 37.6 Å². The average molecular weight is 686 g/mol. The number of benzene rings is 1. The molecule has 1 aromatic heterocycles. The van der Waals surface area contributed by atoms with Crippen molar-refractivity contribution in [2.45, 2.75) is 87.3 Å². The Hall–Kier alpha value is -3.01. The molecule has 2 saturated carbocycles. The maximum atomic E-state index is 12.8. The van der Waals surface area contributed by atoms with Crippen molar-refractivity contribution in [2.75, 3.05) is 33.0 Å². The van der Waals surface area contributed by atoms with Gasteiger partial charge in [0.15, 0.2) is 16.9 Å². The lowest BCUT2D eigenvalue weighted by Gasteiger charge is -2.69. The maximum absolute atomic E-state index is 12.8. The van der Waals surface area contributed by atoms with Gasteiger partial charge in [0.05, 0.1) is 32.2 Å². The Labute approximate surface area is 284 Å². The molecule has 13 heteroatoms. The topological polar surface area (TPSA) is 201 Å². The predicted octanol–water partition coefficient (Wildman–Crippen LogP) is 1.10. The number of carbonyl (C=O) groups is 1. The maximum Gasteiger partial charge on any atom is 0.306 e. The summed E-state index contributed by atoms with van der Waals surface area (Å²) in [6.07, 6.45) is 6.23. The van der Waals surface area contributed by atoms with E-state index in [4.69, 9.17) is 23.4 Å². The number of ether oxygens (including phenoxy) is 4. The van der Waals surface area contributed by atoms with E-state index in [1.807, 2.05) is 0 Å². The summed E-state index contributed by atoms with van der Waals surface area (Å²) in [5, 5.41) is 73.6. The van der Waals surface area contributed by atoms with Crippen molar-refractivity contribution in [1.29, 1.82) is 0 Å². The van der Waals surface area contributed by atoms with Crippen molar-refractivity contribution in [3.63, 3.8) is 0 Å². The van der Waals surface area contributed by atoms with Gasteiger partial charge in [-0.15, -0.1) is 0 Å². The van der Waals surface area contributed by atoms with Crippen molar-refractivity contribution in [1.82, 2.24) is 5.32 Å². The lowest BCUT2D eigenvalue weighted by atomic mass is 9.42. The van der Waals surface area contributed by atoms with E-state index in [0.717, 1.165) is 12.8 Å². The number of esters is 1. The predicted molar refractivity (Wildman–Crippen MR) is 173 cm³/mol. The molecule has 2 aromatic rings. The van der Waals surface area contributed by atoms with Crippen LogP contribution in [-0.4, -0.2) is 111 Å². The molecule has 2 heterocycles. The van der Waals surface area contributed by atoms with Gasteiger partial charge < -0.3 is 59.3 Å². The molecule has 49 heavy (non-hydrogen) atoms. The average Bonchev–Trinajstić information content (AvgIpc) is 3.80. The molecule has 0 spiro atoms. The Morgan fingerprint density at radius 1 is 1.08 bits per heavy atom. The Balaban J connectivity index is 1.31. The lowest BCUT2D eigenvalue weighted by Crippen LogP contribution is -2.85. The summed E-state index contributed by atoms with van der Waals surface area (Å²) in [5.74, 6) is -2.74. The first kappa shape index (κ1) is 34.4. The molecule has 0 radical (unpaired) electrons. The van der Waals surface area contributed by atoms with E-state index in [9.17, 15) is 35.4 Å². The van der Waals surface area contributed by atoms with Crippen LogP contribution in [-0.2, 0) is 20.7 Å².